The van der Waals surface area contributed by atoms with Gasteiger partial charge in [-0.3, -0.25) is 4.79 Å². The number of imidazole rings is 1. The molecule has 0 saturated carbocycles. The molecule has 0 unspecified atom stereocenters. The quantitative estimate of drug-likeness (QED) is 0.243. The van der Waals surface area contributed by atoms with Gasteiger partial charge in [0, 0.05) is 30.5 Å². The minimum absolute atomic E-state index is 0.149. The molecule has 11 nitrogen and oxygen atoms in total. The van der Waals surface area contributed by atoms with Crippen molar-refractivity contribution >= 4 is 46.4 Å². The fraction of sp³-hybridized carbons (Fsp3) is 0.486. The lowest BCUT2D eigenvalue weighted by Gasteiger charge is -2.32. The number of nitrogens with one attached hydrogen (secondary N) is 2. The van der Waals surface area contributed by atoms with Crippen molar-refractivity contribution in [2.75, 3.05) is 20.3 Å². The van der Waals surface area contributed by atoms with Gasteiger partial charge in [-0.2, -0.15) is 0 Å². The van der Waals surface area contributed by atoms with Gasteiger partial charge in [-0.15, -0.1) is 0 Å². The fourth-order valence-corrected chi connectivity index (χ4v) is 7.15. The molecule has 3 aromatic carbocycles. The Morgan fingerprint density at radius 2 is 1.84 bits per heavy atom. The number of rotatable bonds is 7. The maximum atomic E-state index is 13.9. The summed E-state index contributed by atoms with van der Waals surface area (Å²) >= 11 is 0. The van der Waals surface area contributed by atoms with Crippen LogP contribution in [-0.4, -0.2) is 77.6 Å². The summed E-state index contributed by atoms with van der Waals surface area (Å²) in [4.78, 5) is 36.4. The van der Waals surface area contributed by atoms with E-state index in [1.54, 1.807) is 4.90 Å². The number of hydrogen-bond donors (Lipinski definition) is 2. The normalized spacial score (nSPS) is 21.5. The van der Waals surface area contributed by atoms with E-state index in [9.17, 15) is 9.59 Å². The number of methoxy groups -OCH3 is 1. The van der Waals surface area contributed by atoms with Gasteiger partial charge < -0.3 is 38.7 Å². The predicted molar refractivity (Wildman–Crippen MR) is 188 cm³/mol. The zero-order valence-electron chi connectivity index (χ0n) is 29.5. The summed E-state index contributed by atoms with van der Waals surface area (Å²) in [5.41, 5.74) is 5.05. The van der Waals surface area contributed by atoms with Crippen LogP contribution >= 0.6 is 0 Å². The lowest BCUT2D eigenvalue weighted by Crippen LogP contribution is -2.51. The van der Waals surface area contributed by atoms with E-state index in [1.165, 1.54) is 7.11 Å². The first-order valence-corrected chi connectivity index (χ1v) is 17.1. The summed E-state index contributed by atoms with van der Waals surface area (Å²) in [7, 11) is 0.853. The van der Waals surface area contributed by atoms with Gasteiger partial charge in [0.05, 0.1) is 41.5 Å². The van der Waals surface area contributed by atoms with Crippen molar-refractivity contribution in [3.8, 4) is 16.9 Å². The second kappa shape index (κ2) is 12.3. The van der Waals surface area contributed by atoms with Crippen molar-refractivity contribution < 1.29 is 33.1 Å². The number of hydrogen-bond acceptors (Lipinski definition) is 8. The van der Waals surface area contributed by atoms with Crippen LogP contribution in [0.4, 0.5) is 4.79 Å². The average Bonchev–Trinajstić information content (AvgIpc) is 3.75. The molecule has 2 amide bonds. The molecule has 2 N–H and O–H groups in total. The van der Waals surface area contributed by atoms with E-state index in [1.807, 2.05) is 26.8 Å². The summed E-state index contributed by atoms with van der Waals surface area (Å²) in [5, 5.41) is 4.75. The Bertz CT molecular complexity index is 1920. The van der Waals surface area contributed by atoms with Crippen molar-refractivity contribution in [3.63, 3.8) is 0 Å². The molecule has 3 aliphatic heterocycles. The first kappa shape index (κ1) is 33.4. The minimum atomic E-state index is -0.750. The number of alkyl carbamates (subject to hydrolysis) is 1. The van der Waals surface area contributed by atoms with E-state index in [0.717, 1.165) is 49.7 Å². The van der Waals surface area contributed by atoms with Gasteiger partial charge in [-0.05, 0) is 80.7 Å². The molecule has 4 aromatic rings. The van der Waals surface area contributed by atoms with Crippen molar-refractivity contribution in [1.82, 2.24) is 20.2 Å². The predicted octanol–water partition coefficient (Wildman–Crippen LogP) is 5.63. The maximum Gasteiger partial charge on any atom is 0.494 e. The van der Waals surface area contributed by atoms with Crippen molar-refractivity contribution in [1.29, 1.82) is 0 Å². The Hall–Kier alpha value is -4.13. The third kappa shape index (κ3) is 5.83. The Balaban J connectivity index is 1.21. The number of aromatic nitrogens is 2. The van der Waals surface area contributed by atoms with Gasteiger partial charge in [0.15, 0.2) is 0 Å². The molecule has 258 valence electrons. The van der Waals surface area contributed by atoms with Gasteiger partial charge in [-0.1, -0.05) is 38.1 Å². The highest BCUT2D eigenvalue weighted by Gasteiger charge is 2.52. The van der Waals surface area contributed by atoms with Crippen LogP contribution < -0.4 is 15.5 Å². The molecule has 0 spiro atoms. The van der Waals surface area contributed by atoms with Gasteiger partial charge >= 0.3 is 13.2 Å². The average molecular weight is 669 g/mol. The molecule has 4 heterocycles. The number of ether oxygens (including phenoxy) is 3. The van der Waals surface area contributed by atoms with Crippen LogP contribution in [0, 0.1) is 5.92 Å². The molecule has 2 saturated heterocycles. The molecular formula is C37H45BN4O7. The molecule has 2 fully saturated rings. The van der Waals surface area contributed by atoms with Gasteiger partial charge in [0.25, 0.3) is 0 Å². The SMILES string of the molecule is CCO[C@H]1C[C@@H](c2nc3ccc4cc5c(cc4c3[nH]2)OCc2cc(B3OC(C)(C)C(C)(C)O3)ccc2-5)N(C(=O)[C@@H](NC(=O)OC)C(C)C)C1. The highest BCUT2D eigenvalue weighted by Crippen LogP contribution is 2.43. The smallest absolute Gasteiger partial charge is 0.488 e. The molecule has 3 aliphatic rings. The monoisotopic (exact) mass is 668 g/mol. The van der Waals surface area contributed by atoms with E-state index < -0.39 is 30.5 Å². The van der Waals surface area contributed by atoms with E-state index in [4.69, 9.17) is 28.5 Å². The zero-order chi connectivity index (χ0) is 34.8. The van der Waals surface area contributed by atoms with Crippen LogP contribution in [-0.2, 0) is 30.2 Å². The number of amides is 2. The number of H-pyrrole nitrogens is 1. The molecule has 0 aliphatic carbocycles. The van der Waals surface area contributed by atoms with E-state index >= 15 is 0 Å². The van der Waals surface area contributed by atoms with Crippen molar-refractivity contribution in [3.05, 3.63) is 53.9 Å². The summed E-state index contributed by atoms with van der Waals surface area (Å²) < 4.78 is 29.8. The van der Waals surface area contributed by atoms with E-state index in [-0.39, 0.29) is 24.0 Å². The Kier molecular flexibility index (Phi) is 8.40. The van der Waals surface area contributed by atoms with Crippen LogP contribution in [0.1, 0.15) is 72.3 Å². The molecule has 12 heteroatoms. The van der Waals surface area contributed by atoms with Gasteiger partial charge in [0.2, 0.25) is 5.91 Å². The zero-order valence-corrected chi connectivity index (χ0v) is 29.5. The second-order valence-corrected chi connectivity index (χ2v) is 14.6. The van der Waals surface area contributed by atoms with Gasteiger partial charge in [0.1, 0.15) is 24.2 Å². The van der Waals surface area contributed by atoms with E-state index in [2.05, 4.69) is 74.4 Å². The number of nitrogens with zero attached hydrogens (tertiary/aromatic N) is 2. The maximum absolute atomic E-state index is 13.9. The Morgan fingerprint density at radius 3 is 2.53 bits per heavy atom. The first-order chi connectivity index (χ1) is 23.3. The van der Waals surface area contributed by atoms with Crippen molar-refractivity contribution in [2.24, 2.45) is 5.92 Å². The largest absolute Gasteiger partial charge is 0.494 e. The van der Waals surface area contributed by atoms with Crippen LogP contribution in [0.3, 0.4) is 0 Å². The lowest BCUT2D eigenvalue weighted by atomic mass is 9.77. The first-order valence-electron chi connectivity index (χ1n) is 17.1. The number of fused-ring (bicyclic) bond motifs is 6. The number of benzene rings is 3. The topological polar surface area (TPSA) is 124 Å². The molecule has 1 aromatic heterocycles. The molecule has 3 atom stereocenters. The number of carbonyl (C=O) groups is 2. The molecule has 0 radical (unpaired) electrons. The molecular weight excluding hydrogens is 623 g/mol. The van der Waals surface area contributed by atoms with Crippen molar-refractivity contribution in [2.45, 2.75) is 90.9 Å². The Labute approximate surface area is 287 Å². The van der Waals surface area contributed by atoms with Gasteiger partial charge in [-0.25, -0.2) is 9.78 Å². The lowest BCUT2D eigenvalue weighted by molar-refractivity contribution is -0.136. The number of likely N-dealkylation sites (tertiary alicyclic amines) is 1. The van der Waals surface area contributed by atoms with E-state index in [0.29, 0.717) is 32.0 Å². The molecule has 49 heavy (non-hydrogen) atoms. The summed E-state index contributed by atoms with van der Waals surface area (Å²) in [5.74, 6) is 1.14. The third-order valence-corrected chi connectivity index (χ3v) is 10.6. The minimum Gasteiger partial charge on any atom is -0.488 e. The summed E-state index contributed by atoms with van der Waals surface area (Å²) in [6, 6.07) is 13.6. The fourth-order valence-electron chi connectivity index (χ4n) is 7.15. The number of carbonyl (C=O) groups excluding carboxylic acids is 2. The number of aromatic amines is 1. The van der Waals surface area contributed by atoms with Crippen LogP contribution in [0.15, 0.2) is 42.5 Å². The van der Waals surface area contributed by atoms with Crippen LogP contribution in [0.2, 0.25) is 0 Å². The second-order valence-electron chi connectivity index (χ2n) is 14.6. The highest BCUT2D eigenvalue weighted by molar-refractivity contribution is 6.62. The summed E-state index contributed by atoms with van der Waals surface area (Å²) in [6.45, 7) is 15.3. The third-order valence-electron chi connectivity index (χ3n) is 10.6. The van der Waals surface area contributed by atoms with Crippen LogP contribution in [0.5, 0.6) is 5.75 Å². The highest BCUT2D eigenvalue weighted by atomic mass is 16.7. The van der Waals surface area contributed by atoms with Crippen LogP contribution in [0.25, 0.3) is 32.9 Å². The molecule has 7 rings (SSSR count). The summed E-state index contributed by atoms with van der Waals surface area (Å²) in [6.07, 6.45) is -0.206. The Morgan fingerprint density at radius 1 is 1.08 bits per heavy atom. The standard InChI is InChI=1S/C37H45BN4O7/c1-9-46-24-16-29(42(18-24)34(43)31(20(2)3)41-35(44)45-8)33-39-28-13-10-21-15-27-25-12-11-23(38-48-36(4,5)37(6,7)49-38)14-22(25)19-47-30(27)17-26(21)32(28)40-33/h10-15,17,20,24,29,31H,9,16,18-19H2,1-8H3,(H,39,40)(H,41,44)/t24-,29-,31-/m0/s1. The molecule has 0 bridgehead atoms.